The van der Waals surface area contributed by atoms with Gasteiger partial charge in [0.05, 0.1) is 12.1 Å². The van der Waals surface area contributed by atoms with Gasteiger partial charge in [-0.25, -0.2) is 0 Å². The first-order valence-corrected chi connectivity index (χ1v) is 7.67. The lowest BCUT2D eigenvalue weighted by Gasteiger charge is -2.31. The second-order valence-electron chi connectivity index (χ2n) is 5.88. The van der Waals surface area contributed by atoms with Gasteiger partial charge in [-0.1, -0.05) is 5.16 Å². The van der Waals surface area contributed by atoms with Crippen molar-refractivity contribution < 1.29 is 9.32 Å². The Balaban J connectivity index is 1.55. The fourth-order valence-corrected chi connectivity index (χ4v) is 2.89. The molecule has 0 radical (unpaired) electrons. The Bertz CT molecular complexity index is 648. The fraction of sp³-hybridized carbons (Fsp3) is 0.600. The van der Waals surface area contributed by atoms with Crippen molar-refractivity contribution in [2.24, 2.45) is 7.05 Å². The minimum Gasteiger partial charge on any atom is -0.342 e. The zero-order chi connectivity index (χ0) is 15.5. The number of nitrogens with zero attached hydrogens (tertiary/aromatic N) is 5. The number of carbonyl (C=O) groups excluding carboxylic acids is 1. The largest absolute Gasteiger partial charge is 0.342 e. The maximum atomic E-state index is 12.4. The van der Waals surface area contributed by atoms with Gasteiger partial charge in [-0.15, -0.1) is 0 Å². The van der Waals surface area contributed by atoms with Gasteiger partial charge >= 0.3 is 0 Å². The van der Waals surface area contributed by atoms with Gasteiger partial charge in [-0.2, -0.15) is 10.1 Å². The minimum absolute atomic E-state index is 0.164. The molecule has 1 fully saturated rings. The number of amides is 1. The van der Waals surface area contributed by atoms with E-state index in [4.69, 9.17) is 4.52 Å². The van der Waals surface area contributed by atoms with Crippen molar-refractivity contribution in [3.8, 4) is 0 Å². The van der Waals surface area contributed by atoms with Crippen LogP contribution >= 0.6 is 0 Å². The van der Waals surface area contributed by atoms with Crippen LogP contribution in [0.3, 0.4) is 0 Å². The number of rotatable bonds is 4. The van der Waals surface area contributed by atoms with E-state index in [0.717, 1.165) is 31.4 Å². The molecule has 1 unspecified atom stereocenters. The summed E-state index contributed by atoms with van der Waals surface area (Å²) in [6.45, 7) is 3.30. The summed E-state index contributed by atoms with van der Waals surface area (Å²) in [5.41, 5.74) is 1.09. The maximum Gasteiger partial charge on any atom is 0.231 e. The van der Waals surface area contributed by atoms with E-state index in [9.17, 15) is 4.79 Å². The molecule has 0 aliphatic carbocycles. The average Bonchev–Trinajstić information content (AvgIpc) is 3.13. The van der Waals surface area contributed by atoms with E-state index in [1.54, 1.807) is 4.68 Å². The van der Waals surface area contributed by atoms with Crippen LogP contribution in [0.4, 0.5) is 0 Å². The molecule has 2 aromatic rings. The van der Waals surface area contributed by atoms with Crippen molar-refractivity contribution in [3.63, 3.8) is 0 Å². The van der Waals surface area contributed by atoms with Crippen LogP contribution in [0.15, 0.2) is 16.9 Å². The molecule has 0 aromatic carbocycles. The zero-order valence-corrected chi connectivity index (χ0v) is 13.0. The summed E-state index contributed by atoms with van der Waals surface area (Å²) in [6, 6.07) is 0. The Kier molecular flexibility index (Phi) is 4.22. The third kappa shape index (κ3) is 3.35. The van der Waals surface area contributed by atoms with Crippen LogP contribution in [0.25, 0.3) is 0 Å². The Morgan fingerprint density at radius 1 is 1.50 bits per heavy atom. The summed E-state index contributed by atoms with van der Waals surface area (Å²) < 4.78 is 7.01. The number of aromatic nitrogens is 4. The molecule has 1 saturated heterocycles. The Morgan fingerprint density at radius 2 is 2.36 bits per heavy atom. The second-order valence-corrected chi connectivity index (χ2v) is 5.88. The number of carbonyl (C=O) groups is 1. The third-order valence-electron chi connectivity index (χ3n) is 4.05. The first-order valence-electron chi connectivity index (χ1n) is 7.67. The lowest BCUT2D eigenvalue weighted by Crippen LogP contribution is -2.39. The Morgan fingerprint density at radius 3 is 3.05 bits per heavy atom. The summed E-state index contributed by atoms with van der Waals surface area (Å²) >= 11 is 0. The molecule has 0 N–H and O–H groups in total. The Labute approximate surface area is 129 Å². The van der Waals surface area contributed by atoms with Crippen LogP contribution in [-0.2, 0) is 18.3 Å². The van der Waals surface area contributed by atoms with Crippen LogP contribution in [0.5, 0.6) is 0 Å². The Hall–Kier alpha value is -2.18. The monoisotopic (exact) mass is 303 g/mol. The van der Waals surface area contributed by atoms with E-state index < -0.39 is 0 Å². The molecule has 7 nitrogen and oxygen atoms in total. The number of aryl methyl sites for hydroxylation is 3. The number of likely N-dealkylation sites (tertiary alicyclic amines) is 1. The second kappa shape index (κ2) is 6.29. The molecule has 22 heavy (non-hydrogen) atoms. The molecule has 1 aliphatic heterocycles. The molecule has 118 valence electrons. The van der Waals surface area contributed by atoms with Crippen molar-refractivity contribution in [1.82, 2.24) is 24.8 Å². The van der Waals surface area contributed by atoms with Gasteiger partial charge in [-0.05, 0) is 31.7 Å². The van der Waals surface area contributed by atoms with Gasteiger partial charge in [0.25, 0.3) is 0 Å². The van der Waals surface area contributed by atoms with E-state index in [1.165, 1.54) is 0 Å². The van der Waals surface area contributed by atoms with Gasteiger partial charge in [0.1, 0.15) is 0 Å². The SMILES string of the molecule is Cc1noc(C2CCCN(C(=O)CCc3cnn(C)c3)C2)n1. The summed E-state index contributed by atoms with van der Waals surface area (Å²) in [6.07, 6.45) is 6.98. The van der Waals surface area contributed by atoms with E-state index >= 15 is 0 Å². The van der Waals surface area contributed by atoms with Gasteiger partial charge in [-0.3, -0.25) is 9.48 Å². The maximum absolute atomic E-state index is 12.4. The fourth-order valence-electron chi connectivity index (χ4n) is 2.89. The summed E-state index contributed by atoms with van der Waals surface area (Å²) in [4.78, 5) is 18.6. The van der Waals surface area contributed by atoms with Crippen molar-refractivity contribution in [2.45, 2.75) is 38.5 Å². The third-order valence-corrected chi connectivity index (χ3v) is 4.05. The molecule has 3 heterocycles. The predicted molar refractivity (Wildman–Crippen MR) is 79.1 cm³/mol. The van der Waals surface area contributed by atoms with Crippen LogP contribution in [-0.4, -0.2) is 43.8 Å². The van der Waals surface area contributed by atoms with E-state index in [0.29, 0.717) is 24.7 Å². The van der Waals surface area contributed by atoms with Crippen molar-refractivity contribution >= 4 is 5.91 Å². The van der Waals surface area contributed by atoms with Crippen LogP contribution in [0, 0.1) is 6.92 Å². The quantitative estimate of drug-likeness (QED) is 0.854. The molecule has 1 amide bonds. The molecule has 0 saturated carbocycles. The topological polar surface area (TPSA) is 77.0 Å². The van der Waals surface area contributed by atoms with Gasteiger partial charge in [0.15, 0.2) is 5.82 Å². The summed E-state index contributed by atoms with van der Waals surface area (Å²) in [5, 5.41) is 7.97. The standard InChI is InChI=1S/C15H21N5O2/c1-11-17-15(22-18-11)13-4-3-7-20(10-13)14(21)6-5-12-8-16-19(2)9-12/h8-9,13H,3-7,10H2,1-2H3. The van der Waals surface area contributed by atoms with Crippen LogP contribution in [0.1, 0.15) is 42.5 Å². The smallest absolute Gasteiger partial charge is 0.231 e. The molecular weight excluding hydrogens is 282 g/mol. The van der Waals surface area contributed by atoms with E-state index in [1.807, 2.05) is 31.3 Å². The molecule has 0 bridgehead atoms. The summed E-state index contributed by atoms with van der Waals surface area (Å²) in [7, 11) is 1.88. The molecule has 1 aliphatic rings. The highest BCUT2D eigenvalue weighted by Gasteiger charge is 2.28. The average molecular weight is 303 g/mol. The molecule has 0 spiro atoms. The lowest BCUT2D eigenvalue weighted by molar-refractivity contribution is -0.132. The normalized spacial score (nSPS) is 18.6. The minimum atomic E-state index is 0.164. The first-order chi connectivity index (χ1) is 10.6. The van der Waals surface area contributed by atoms with Gasteiger partial charge in [0.2, 0.25) is 11.8 Å². The number of hydrogen-bond acceptors (Lipinski definition) is 5. The molecule has 2 aromatic heterocycles. The highest BCUT2D eigenvalue weighted by molar-refractivity contribution is 5.76. The number of hydrogen-bond donors (Lipinski definition) is 0. The van der Waals surface area contributed by atoms with Gasteiger partial charge in [0, 0.05) is 32.8 Å². The zero-order valence-electron chi connectivity index (χ0n) is 13.0. The van der Waals surface area contributed by atoms with E-state index in [2.05, 4.69) is 15.2 Å². The molecule has 1 atom stereocenters. The highest BCUT2D eigenvalue weighted by atomic mass is 16.5. The van der Waals surface area contributed by atoms with Crippen LogP contribution < -0.4 is 0 Å². The van der Waals surface area contributed by atoms with Crippen LogP contribution in [0.2, 0.25) is 0 Å². The number of piperidine rings is 1. The van der Waals surface area contributed by atoms with Crippen molar-refractivity contribution in [3.05, 3.63) is 29.7 Å². The highest BCUT2D eigenvalue weighted by Crippen LogP contribution is 2.26. The van der Waals surface area contributed by atoms with Crippen molar-refractivity contribution in [2.75, 3.05) is 13.1 Å². The molecule has 7 heteroatoms. The van der Waals surface area contributed by atoms with E-state index in [-0.39, 0.29) is 11.8 Å². The molecule has 3 rings (SSSR count). The van der Waals surface area contributed by atoms with Crippen molar-refractivity contribution in [1.29, 1.82) is 0 Å². The molecular formula is C15H21N5O2. The lowest BCUT2D eigenvalue weighted by atomic mass is 9.97. The predicted octanol–water partition coefficient (Wildman–Crippen LogP) is 1.45. The summed E-state index contributed by atoms with van der Waals surface area (Å²) in [5.74, 6) is 1.65. The van der Waals surface area contributed by atoms with Gasteiger partial charge < -0.3 is 9.42 Å². The first kappa shape index (κ1) is 14.7.